The molecule has 0 saturated carbocycles. The zero-order valence-corrected chi connectivity index (χ0v) is 9.31. The van der Waals surface area contributed by atoms with Gasteiger partial charge in [-0.3, -0.25) is 0 Å². The summed E-state index contributed by atoms with van der Waals surface area (Å²) in [7, 11) is 0. The molecule has 86 valence electrons. The highest BCUT2D eigenvalue weighted by atomic mass is 19.1. The van der Waals surface area contributed by atoms with Crippen molar-refractivity contribution in [1.29, 1.82) is 0 Å². The summed E-state index contributed by atoms with van der Waals surface area (Å²) >= 11 is 0. The van der Waals surface area contributed by atoms with E-state index >= 15 is 0 Å². The number of nitrogens with zero attached hydrogens (tertiary/aromatic N) is 3. The molecule has 3 nitrogen and oxygen atoms in total. The van der Waals surface area contributed by atoms with Gasteiger partial charge < -0.3 is 4.90 Å². The van der Waals surface area contributed by atoms with Gasteiger partial charge in [-0.15, -0.1) is 0 Å². The fourth-order valence-corrected chi connectivity index (χ4v) is 2.25. The van der Waals surface area contributed by atoms with Gasteiger partial charge in [0.05, 0.1) is 0 Å². The number of halogens is 1. The van der Waals surface area contributed by atoms with Crippen molar-refractivity contribution >= 4 is 11.5 Å². The summed E-state index contributed by atoms with van der Waals surface area (Å²) in [5.41, 5.74) is 2.10. The van der Waals surface area contributed by atoms with E-state index in [1.807, 2.05) is 12.1 Å². The first-order valence-corrected chi connectivity index (χ1v) is 5.66. The van der Waals surface area contributed by atoms with Crippen LogP contribution in [0.25, 0.3) is 0 Å². The average molecular weight is 229 g/mol. The standard InChI is InChI=1S/C13H12FN3/c14-11-3-4-12-10(8-11)2-1-7-17(12)13-5-6-15-9-16-13/h3-6,8-9H,1-2,7H2. The minimum atomic E-state index is -0.173. The Bertz CT molecular complexity index is 527. The van der Waals surface area contributed by atoms with Crippen LogP contribution in [0.1, 0.15) is 12.0 Å². The molecule has 4 heteroatoms. The molecule has 0 unspecified atom stereocenters. The highest BCUT2D eigenvalue weighted by Crippen LogP contribution is 2.32. The predicted molar refractivity (Wildman–Crippen MR) is 63.8 cm³/mol. The van der Waals surface area contributed by atoms with Crippen LogP contribution >= 0.6 is 0 Å². The van der Waals surface area contributed by atoms with Crippen molar-refractivity contribution in [1.82, 2.24) is 9.97 Å². The largest absolute Gasteiger partial charge is 0.326 e. The van der Waals surface area contributed by atoms with Gasteiger partial charge in [-0.05, 0) is 42.7 Å². The van der Waals surface area contributed by atoms with Crippen LogP contribution in [0.4, 0.5) is 15.9 Å². The topological polar surface area (TPSA) is 29.0 Å². The molecular formula is C13H12FN3. The number of aromatic nitrogens is 2. The Balaban J connectivity index is 2.06. The summed E-state index contributed by atoms with van der Waals surface area (Å²) < 4.78 is 13.2. The van der Waals surface area contributed by atoms with Crippen molar-refractivity contribution in [2.45, 2.75) is 12.8 Å². The first-order chi connectivity index (χ1) is 8.34. The number of aryl methyl sites for hydroxylation is 1. The summed E-state index contributed by atoms with van der Waals surface area (Å²) in [6, 6.07) is 6.81. The molecule has 0 bridgehead atoms. The van der Waals surface area contributed by atoms with Gasteiger partial charge >= 0.3 is 0 Å². The second-order valence-electron chi connectivity index (χ2n) is 4.10. The Morgan fingerprint density at radius 1 is 1.24 bits per heavy atom. The fraction of sp³-hybridized carbons (Fsp3) is 0.231. The van der Waals surface area contributed by atoms with Gasteiger partial charge in [0.2, 0.25) is 0 Å². The lowest BCUT2D eigenvalue weighted by atomic mass is 10.0. The van der Waals surface area contributed by atoms with Crippen molar-refractivity contribution in [3.8, 4) is 0 Å². The normalized spacial score (nSPS) is 14.5. The molecular weight excluding hydrogens is 217 g/mol. The van der Waals surface area contributed by atoms with Crippen molar-refractivity contribution < 1.29 is 4.39 Å². The van der Waals surface area contributed by atoms with Crippen LogP contribution in [0.3, 0.4) is 0 Å². The fourth-order valence-electron chi connectivity index (χ4n) is 2.25. The Morgan fingerprint density at radius 2 is 2.18 bits per heavy atom. The van der Waals surface area contributed by atoms with Crippen molar-refractivity contribution in [3.63, 3.8) is 0 Å². The van der Waals surface area contributed by atoms with E-state index in [1.54, 1.807) is 12.3 Å². The highest BCUT2D eigenvalue weighted by molar-refractivity contribution is 5.65. The molecule has 2 aromatic rings. The lowest BCUT2D eigenvalue weighted by molar-refractivity contribution is 0.622. The number of rotatable bonds is 1. The highest BCUT2D eigenvalue weighted by Gasteiger charge is 2.19. The van der Waals surface area contributed by atoms with E-state index in [9.17, 15) is 4.39 Å². The number of benzene rings is 1. The lowest BCUT2D eigenvalue weighted by Gasteiger charge is -2.30. The van der Waals surface area contributed by atoms with Gasteiger partial charge in [-0.1, -0.05) is 0 Å². The van der Waals surface area contributed by atoms with Gasteiger partial charge in [0.15, 0.2) is 0 Å². The molecule has 3 rings (SSSR count). The lowest BCUT2D eigenvalue weighted by Crippen LogP contribution is -2.25. The van der Waals surface area contributed by atoms with Crippen LogP contribution in [0.5, 0.6) is 0 Å². The first-order valence-electron chi connectivity index (χ1n) is 5.66. The van der Waals surface area contributed by atoms with E-state index < -0.39 is 0 Å². The van der Waals surface area contributed by atoms with Crippen LogP contribution in [-0.4, -0.2) is 16.5 Å². The van der Waals surface area contributed by atoms with Crippen LogP contribution in [-0.2, 0) is 6.42 Å². The van der Waals surface area contributed by atoms with Crippen LogP contribution < -0.4 is 4.90 Å². The van der Waals surface area contributed by atoms with E-state index in [0.717, 1.165) is 36.5 Å². The molecule has 0 fully saturated rings. The molecule has 1 aromatic carbocycles. The van der Waals surface area contributed by atoms with Crippen LogP contribution in [0, 0.1) is 5.82 Å². The molecule has 0 N–H and O–H groups in total. The number of anilines is 2. The quantitative estimate of drug-likeness (QED) is 0.752. The maximum absolute atomic E-state index is 13.2. The second kappa shape index (κ2) is 4.13. The van der Waals surface area contributed by atoms with Crippen molar-refractivity contribution in [3.05, 3.63) is 48.2 Å². The smallest absolute Gasteiger partial charge is 0.136 e. The minimum absolute atomic E-state index is 0.173. The number of fused-ring (bicyclic) bond motifs is 1. The molecule has 0 saturated heterocycles. The first kappa shape index (κ1) is 10.2. The maximum Gasteiger partial charge on any atom is 0.136 e. The third kappa shape index (κ3) is 1.86. The van der Waals surface area contributed by atoms with E-state index in [2.05, 4.69) is 14.9 Å². The Labute approximate surface area is 98.9 Å². The van der Waals surface area contributed by atoms with Crippen molar-refractivity contribution in [2.75, 3.05) is 11.4 Å². The zero-order valence-electron chi connectivity index (χ0n) is 9.31. The molecule has 2 heterocycles. The molecule has 0 atom stereocenters. The summed E-state index contributed by atoms with van der Waals surface area (Å²) in [5.74, 6) is 0.695. The molecule has 0 spiro atoms. The van der Waals surface area contributed by atoms with E-state index in [1.165, 1.54) is 12.4 Å². The molecule has 17 heavy (non-hydrogen) atoms. The summed E-state index contributed by atoms with van der Waals surface area (Å²) in [5, 5.41) is 0. The Morgan fingerprint density at radius 3 is 3.00 bits per heavy atom. The van der Waals surface area contributed by atoms with Gasteiger partial charge in [0, 0.05) is 18.4 Å². The third-order valence-electron chi connectivity index (χ3n) is 3.00. The number of hydrogen-bond donors (Lipinski definition) is 0. The van der Waals surface area contributed by atoms with Crippen molar-refractivity contribution in [2.24, 2.45) is 0 Å². The SMILES string of the molecule is Fc1ccc2c(c1)CCCN2c1ccncn1. The Hall–Kier alpha value is -1.97. The minimum Gasteiger partial charge on any atom is -0.326 e. The summed E-state index contributed by atoms with van der Waals surface area (Å²) in [6.07, 6.45) is 5.20. The van der Waals surface area contributed by atoms with Crippen LogP contribution in [0.2, 0.25) is 0 Å². The molecule has 0 amide bonds. The second-order valence-corrected chi connectivity index (χ2v) is 4.10. The van der Waals surface area contributed by atoms with E-state index in [-0.39, 0.29) is 5.82 Å². The molecule has 0 radical (unpaired) electrons. The van der Waals surface area contributed by atoms with E-state index in [4.69, 9.17) is 0 Å². The summed E-state index contributed by atoms with van der Waals surface area (Å²) in [6.45, 7) is 0.912. The average Bonchev–Trinajstić information content (AvgIpc) is 2.39. The van der Waals surface area contributed by atoms with Gasteiger partial charge in [0.25, 0.3) is 0 Å². The summed E-state index contributed by atoms with van der Waals surface area (Å²) in [4.78, 5) is 10.3. The predicted octanol–water partition coefficient (Wildman–Crippen LogP) is 2.70. The molecule has 0 aliphatic carbocycles. The molecule has 1 aromatic heterocycles. The maximum atomic E-state index is 13.2. The van der Waals surface area contributed by atoms with Gasteiger partial charge in [-0.25, -0.2) is 14.4 Å². The van der Waals surface area contributed by atoms with Crippen LogP contribution in [0.15, 0.2) is 36.8 Å². The monoisotopic (exact) mass is 229 g/mol. The Kier molecular flexibility index (Phi) is 2.48. The number of hydrogen-bond acceptors (Lipinski definition) is 3. The molecule has 1 aliphatic heterocycles. The van der Waals surface area contributed by atoms with Gasteiger partial charge in [0.1, 0.15) is 18.0 Å². The third-order valence-corrected chi connectivity index (χ3v) is 3.00. The zero-order chi connectivity index (χ0) is 11.7. The molecule has 1 aliphatic rings. The van der Waals surface area contributed by atoms with Gasteiger partial charge in [-0.2, -0.15) is 0 Å². The van der Waals surface area contributed by atoms with E-state index in [0.29, 0.717) is 0 Å².